The average Bonchev–Trinajstić information content (AvgIpc) is 2.52. The number of carbonyl (C=O) groups excluding carboxylic acids is 3. The number of amides is 1. The number of hydrogen-bond donors (Lipinski definition) is 2. The van der Waals surface area contributed by atoms with Crippen LogP contribution in [0.4, 0.5) is 4.79 Å². The molecule has 7 heteroatoms. The lowest BCUT2D eigenvalue weighted by Crippen LogP contribution is -2.34. The van der Waals surface area contributed by atoms with Crippen molar-refractivity contribution in [2.24, 2.45) is 5.73 Å². The number of nitrogens with two attached hydrogens (primary N) is 1. The highest BCUT2D eigenvalue weighted by molar-refractivity contribution is 5.96. The molecule has 0 heterocycles. The fraction of sp³-hybridized carbons (Fsp3) is 0.400. The van der Waals surface area contributed by atoms with Gasteiger partial charge in [-0.25, -0.2) is 9.59 Å². The van der Waals surface area contributed by atoms with Gasteiger partial charge in [0, 0.05) is 6.54 Å². The molecule has 1 rings (SSSR count). The van der Waals surface area contributed by atoms with Crippen molar-refractivity contribution in [3.63, 3.8) is 0 Å². The molecule has 0 saturated heterocycles. The second-order valence-electron chi connectivity index (χ2n) is 4.47. The van der Waals surface area contributed by atoms with Crippen LogP contribution in [0.25, 0.3) is 0 Å². The molecule has 0 saturated carbocycles. The summed E-state index contributed by atoms with van der Waals surface area (Å²) in [7, 11) is 0. The van der Waals surface area contributed by atoms with Gasteiger partial charge in [-0.1, -0.05) is 18.2 Å². The Morgan fingerprint density at radius 3 is 2.55 bits per heavy atom. The molecule has 0 spiro atoms. The molecule has 1 aromatic carbocycles. The highest BCUT2D eigenvalue weighted by atomic mass is 16.6. The van der Waals surface area contributed by atoms with Crippen LogP contribution < -0.4 is 11.1 Å². The predicted molar refractivity (Wildman–Crippen MR) is 79.1 cm³/mol. The van der Waals surface area contributed by atoms with E-state index in [4.69, 9.17) is 10.5 Å². The van der Waals surface area contributed by atoms with Gasteiger partial charge < -0.3 is 20.5 Å². The molecule has 22 heavy (non-hydrogen) atoms. The van der Waals surface area contributed by atoms with Crippen LogP contribution in [0, 0.1) is 0 Å². The van der Waals surface area contributed by atoms with E-state index in [1.54, 1.807) is 37.3 Å². The number of benzene rings is 1. The third-order valence-corrected chi connectivity index (χ3v) is 2.75. The normalized spacial score (nSPS) is 11.4. The van der Waals surface area contributed by atoms with E-state index < -0.39 is 24.1 Å². The van der Waals surface area contributed by atoms with Gasteiger partial charge in [0.05, 0.1) is 12.2 Å². The van der Waals surface area contributed by atoms with Crippen LogP contribution in [0.1, 0.15) is 30.1 Å². The van der Waals surface area contributed by atoms with Gasteiger partial charge in [-0.2, -0.15) is 0 Å². The second kappa shape index (κ2) is 9.51. The Morgan fingerprint density at radius 2 is 1.91 bits per heavy atom. The summed E-state index contributed by atoms with van der Waals surface area (Å²) in [5, 5.41) is 2.42. The quantitative estimate of drug-likeness (QED) is 0.445. The number of rotatable bonds is 7. The molecular weight excluding hydrogens is 288 g/mol. The van der Waals surface area contributed by atoms with E-state index in [1.807, 2.05) is 0 Å². The van der Waals surface area contributed by atoms with Crippen molar-refractivity contribution in [1.29, 1.82) is 0 Å². The van der Waals surface area contributed by atoms with E-state index in [-0.39, 0.29) is 13.2 Å². The van der Waals surface area contributed by atoms with Gasteiger partial charge in [0.1, 0.15) is 6.04 Å². The van der Waals surface area contributed by atoms with Gasteiger partial charge in [-0.15, -0.1) is 0 Å². The molecular formula is C15H20N2O5. The lowest BCUT2D eigenvalue weighted by Gasteiger charge is -2.10. The van der Waals surface area contributed by atoms with Crippen LogP contribution >= 0.6 is 0 Å². The van der Waals surface area contributed by atoms with Crippen molar-refractivity contribution in [2.75, 3.05) is 13.2 Å². The number of esters is 2. The zero-order valence-corrected chi connectivity index (χ0v) is 12.4. The maximum absolute atomic E-state index is 11.6. The number of hydrogen-bond acceptors (Lipinski definition) is 6. The molecule has 0 aliphatic rings. The first-order chi connectivity index (χ1) is 10.5. The summed E-state index contributed by atoms with van der Waals surface area (Å²) >= 11 is 0. The Hall–Kier alpha value is -2.41. The van der Waals surface area contributed by atoms with E-state index >= 15 is 0 Å². The zero-order chi connectivity index (χ0) is 16.4. The summed E-state index contributed by atoms with van der Waals surface area (Å²) < 4.78 is 9.38. The highest BCUT2D eigenvalue weighted by Crippen LogP contribution is 2.01. The van der Waals surface area contributed by atoms with Crippen molar-refractivity contribution in [3.8, 4) is 0 Å². The smallest absolute Gasteiger partial charge is 0.415 e. The Labute approximate surface area is 128 Å². The van der Waals surface area contributed by atoms with Crippen molar-refractivity contribution >= 4 is 18.0 Å². The summed E-state index contributed by atoms with van der Waals surface area (Å²) in [6, 6.07) is 7.48. The lowest BCUT2D eigenvalue weighted by atomic mass is 10.2. The monoisotopic (exact) mass is 308 g/mol. The SMILES string of the molecule is CCOC(=O)[C@H](N)CCCNC(=O)OC(=O)c1ccccc1. The second-order valence-corrected chi connectivity index (χ2v) is 4.47. The first-order valence-corrected chi connectivity index (χ1v) is 7.02. The summed E-state index contributed by atoms with van der Waals surface area (Å²) in [4.78, 5) is 34.3. The van der Waals surface area contributed by atoms with Gasteiger partial charge in [-0.3, -0.25) is 4.79 Å². The Balaban J connectivity index is 2.21. The number of nitrogens with one attached hydrogen (secondary N) is 1. The van der Waals surface area contributed by atoms with Gasteiger partial charge in [0.2, 0.25) is 0 Å². The molecule has 120 valence electrons. The first-order valence-electron chi connectivity index (χ1n) is 7.02. The van der Waals surface area contributed by atoms with E-state index in [0.29, 0.717) is 18.4 Å². The summed E-state index contributed by atoms with van der Waals surface area (Å²) in [6.07, 6.45) is -0.000983. The van der Waals surface area contributed by atoms with Crippen LogP contribution in [0.15, 0.2) is 30.3 Å². The summed E-state index contributed by atoms with van der Waals surface area (Å²) in [6.45, 7) is 2.22. The summed E-state index contributed by atoms with van der Waals surface area (Å²) in [5.41, 5.74) is 5.90. The van der Waals surface area contributed by atoms with E-state index in [2.05, 4.69) is 10.1 Å². The minimum absolute atomic E-state index is 0.244. The maximum atomic E-state index is 11.6. The third kappa shape index (κ3) is 6.36. The number of alkyl carbamates (subject to hydrolysis) is 1. The molecule has 0 aromatic heterocycles. The molecule has 0 aliphatic carbocycles. The largest absolute Gasteiger partial charge is 0.465 e. The molecule has 1 atom stereocenters. The fourth-order valence-electron chi connectivity index (χ4n) is 1.63. The van der Waals surface area contributed by atoms with Crippen LogP contribution in [0.3, 0.4) is 0 Å². The molecule has 0 bridgehead atoms. The van der Waals surface area contributed by atoms with Gasteiger partial charge >= 0.3 is 18.0 Å². The predicted octanol–water partition coefficient (Wildman–Crippen LogP) is 1.22. The van der Waals surface area contributed by atoms with Gasteiger partial charge in [0.25, 0.3) is 0 Å². The summed E-state index contributed by atoms with van der Waals surface area (Å²) in [5.74, 6) is -1.19. The van der Waals surface area contributed by atoms with Crippen LogP contribution in [0.2, 0.25) is 0 Å². The minimum atomic E-state index is -0.835. The Kier molecular flexibility index (Phi) is 7.63. The molecule has 0 fully saturated rings. The maximum Gasteiger partial charge on any atom is 0.415 e. The van der Waals surface area contributed by atoms with Gasteiger partial charge in [0.15, 0.2) is 0 Å². The molecule has 0 aliphatic heterocycles. The van der Waals surface area contributed by atoms with E-state index in [9.17, 15) is 14.4 Å². The molecule has 0 unspecified atom stereocenters. The van der Waals surface area contributed by atoms with Crippen molar-refractivity contribution < 1.29 is 23.9 Å². The average molecular weight is 308 g/mol. The van der Waals surface area contributed by atoms with E-state index in [1.165, 1.54) is 0 Å². The Morgan fingerprint density at radius 1 is 1.23 bits per heavy atom. The fourth-order valence-corrected chi connectivity index (χ4v) is 1.63. The zero-order valence-electron chi connectivity index (χ0n) is 12.4. The van der Waals surface area contributed by atoms with Crippen LogP contribution in [0.5, 0.6) is 0 Å². The standard InChI is InChI=1S/C15H20N2O5/c1-2-21-14(19)12(16)9-6-10-17-15(20)22-13(18)11-7-4-3-5-8-11/h3-5,7-8,12H,2,6,9-10,16H2,1H3,(H,17,20)/t12-/m1/s1. The Bertz CT molecular complexity index is 504. The molecule has 1 amide bonds. The van der Waals surface area contributed by atoms with Crippen LogP contribution in [-0.2, 0) is 14.3 Å². The van der Waals surface area contributed by atoms with Crippen LogP contribution in [-0.4, -0.2) is 37.2 Å². The molecule has 7 nitrogen and oxygen atoms in total. The minimum Gasteiger partial charge on any atom is -0.465 e. The number of carbonyl (C=O) groups is 3. The molecule has 1 aromatic rings. The molecule has 3 N–H and O–H groups in total. The highest BCUT2D eigenvalue weighted by Gasteiger charge is 2.15. The topological polar surface area (TPSA) is 108 Å². The molecule has 0 radical (unpaired) electrons. The van der Waals surface area contributed by atoms with Crippen molar-refractivity contribution in [2.45, 2.75) is 25.8 Å². The van der Waals surface area contributed by atoms with E-state index in [0.717, 1.165) is 0 Å². The van der Waals surface area contributed by atoms with Crippen molar-refractivity contribution in [3.05, 3.63) is 35.9 Å². The number of ether oxygens (including phenoxy) is 2. The first kappa shape index (κ1) is 17.6. The van der Waals surface area contributed by atoms with Crippen molar-refractivity contribution in [1.82, 2.24) is 5.32 Å². The van der Waals surface area contributed by atoms with Gasteiger partial charge in [-0.05, 0) is 31.9 Å². The lowest BCUT2D eigenvalue weighted by molar-refractivity contribution is -0.144. The third-order valence-electron chi connectivity index (χ3n) is 2.75.